The predicted octanol–water partition coefficient (Wildman–Crippen LogP) is 3.40. The average molecular weight is 354 g/mol. The van der Waals surface area contributed by atoms with Crippen molar-refractivity contribution >= 4 is 17.5 Å². The molecule has 136 valence electrons. The summed E-state index contributed by atoms with van der Waals surface area (Å²) in [6, 6.07) is 16.8. The highest BCUT2D eigenvalue weighted by molar-refractivity contribution is 6.38. The van der Waals surface area contributed by atoms with E-state index in [-0.39, 0.29) is 6.61 Å². The van der Waals surface area contributed by atoms with Crippen LogP contribution in [0.4, 0.5) is 0 Å². The minimum Gasteiger partial charge on any atom is -0.493 e. The van der Waals surface area contributed by atoms with E-state index < -0.39 is 24.0 Å². The van der Waals surface area contributed by atoms with Crippen molar-refractivity contribution in [2.75, 3.05) is 13.2 Å². The van der Waals surface area contributed by atoms with Gasteiger partial charge in [-0.1, -0.05) is 42.5 Å². The molecular weight excluding hydrogens is 332 g/mol. The standard InChI is InChI=1S/C21H22O5/c1-2-25-21(24)19(23)15-18(22)17-12-6-7-13-20(17)26-14-8-11-16-9-4-3-5-10-16/h3-7,9-10,12-13H,2,8,11,14-15H2,1H3. The normalized spacial score (nSPS) is 10.2. The number of hydrogen-bond acceptors (Lipinski definition) is 5. The Labute approximate surface area is 152 Å². The highest BCUT2D eigenvalue weighted by atomic mass is 16.5. The van der Waals surface area contributed by atoms with Crippen LogP contribution in [0.3, 0.4) is 0 Å². The van der Waals surface area contributed by atoms with Gasteiger partial charge in [-0.15, -0.1) is 0 Å². The number of ether oxygens (including phenoxy) is 2. The summed E-state index contributed by atoms with van der Waals surface area (Å²) in [4.78, 5) is 35.4. The maximum atomic E-state index is 12.3. The van der Waals surface area contributed by atoms with E-state index in [0.29, 0.717) is 17.9 Å². The third-order valence-corrected chi connectivity index (χ3v) is 3.72. The number of rotatable bonds is 10. The molecule has 2 aromatic carbocycles. The molecule has 0 heterocycles. The molecule has 0 spiro atoms. The smallest absolute Gasteiger partial charge is 0.375 e. The lowest BCUT2D eigenvalue weighted by Gasteiger charge is -2.10. The molecule has 0 fully saturated rings. The van der Waals surface area contributed by atoms with Crippen LogP contribution in [-0.4, -0.2) is 30.7 Å². The summed E-state index contributed by atoms with van der Waals surface area (Å²) in [5.41, 5.74) is 1.52. The van der Waals surface area contributed by atoms with Crippen molar-refractivity contribution in [3.63, 3.8) is 0 Å². The minimum atomic E-state index is -0.984. The van der Waals surface area contributed by atoms with Gasteiger partial charge in [-0.3, -0.25) is 9.59 Å². The Kier molecular flexibility index (Phi) is 7.55. The largest absolute Gasteiger partial charge is 0.493 e. The van der Waals surface area contributed by atoms with Crippen LogP contribution in [0.1, 0.15) is 35.7 Å². The molecule has 5 heteroatoms. The fourth-order valence-electron chi connectivity index (χ4n) is 2.45. The summed E-state index contributed by atoms with van der Waals surface area (Å²) in [5.74, 6) is -1.87. The second kappa shape index (κ2) is 10.1. The van der Waals surface area contributed by atoms with E-state index in [1.54, 1.807) is 31.2 Å². The molecule has 0 unspecified atom stereocenters. The van der Waals surface area contributed by atoms with E-state index in [4.69, 9.17) is 4.74 Å². The fourth-order valence-corrected chi connectivity index (χ4v) is 2.45. The molecular formula is C21H22O5. The molecule has 0 aliphatic heterocycles. The van der Waals surface area contributed by atoms with Gasteiger partial charge in [0.25, 0.3) is 0 Å². The summed E-state index contributed by atoms with van der Waals surface area (Å²) < 4.78 is 10.3. The first-order valence-corrected chi connectivity index (χ1v) is 8.60. The second-order valence-electron chi connectivity index (χ2n) is 5.68. The Hall–Kier alpha value is -2.95. The molecule has 0 aromatic heterocycles. The van der Waals surface area contributed by atoms with Gasteiger partial charge in [0, 0.05) is 0 Å². The van der Waals surface area contributed by atoms with E-state index in [9.17, 15) is 14.4 Å². The quantitative estimate of drug-likeness (QED) is 0.215. The van der Waals surface area contributed by atoms with Crippen LogP contribution in [0.2, 0.25) is 0 Å². The zero-order chi connectivity index (χ0) is 18.8. The van der Waals surface area contributed by atoms with Gasteiger partial charge >= 0.3 is 5.97 Å². The van der Waals surface area contributed by atoms with E-state index >= 15 is 0 Å². The van der Waals surface area contributed by atoms with Gasteiger partial charge in [-0.25, -0.2) is 4.79 Å². The zero-order valence-corrected chi connectivity index (χ0v) is 14.8. The van der Waals surface area contributed by atoms with Crippen molar-refractivity contribution in [3.8, 4) is 5.75 Å². The van der Waals surface area contributed by atoms with Crippen LogP contribution in [0, 0.1) is 0 Å². The van der Waals surface area contributed by atoms with Crippen LogP contribution in [0.25, 0.3) is 0 Å². The Morgan fingerprint density at radius 1 is 0.923 bits per heavy atom. The maximum absolute atomic E-state index is 12.3. The third-order valence-electron chi connectivity index (χ3n) is 3.72. The molecule has 0 aliphatic carbocycles. The molecule has 5 nitrogen and oxygen atoms in total. The van der Waals surface area contributed by atoms with Crippen molar-refractivity contribution in [1.29, 1.82) is 0 Å². The van der Waals surface area contributed by atoms with Crippen LogP contribution in [-0.2, 0) is 20.7 Å². The van der Waals surface area contributed by atoms with Crippen LogP contribution < -0.4 is 4.74 Å². The topological polar surface area (TPSA) is 69.7 Å². The van der Waals surface area contributed by atoms with E-state index in [0.717, 1.165) is 12.8 Å². The van der Waals surface area contributed by atoms with Crippen molar-refractivity contribution in [1.82, 2.24) is 0 Å². The van der Waals surface area contributed by atoms with E-state index in [1.807, 2.05) is 18.2 Å². The van der Waals surface area contributed by atoms with Crippen molar-refractivity contribution in [3.05, 3.63) is 65.7 Å². The molecule has 2 aromatic rings. The molecule has 0 radical (unpaired) electrons. The zero-order valence-electron chi connectivity index (χ0n) is 14.8. The molecule has 0 bridgehead atoms. The lowest BCUT2D eigenvalue weighted by atomic mass is 10.0. The highest BCUT2D eigenvalue weighted by Gasteiger charge is 2.22. The van der Waals surface area contributed by atoms with Crippen LogP contribution in [0.15, 0.2) is 54.6 Å². The van der Waals surface area contributed by atoms with Gasteiger partial charge in [-0.2, -0.15) is 0 Å². The highest BCUT2D eigenvalue weighted by Crippen LogP contribution is 2.20. The molecule has 2 rings (SSSR count). The van der Waals surface area contributed by atoms with Gasteiger partial charge in [0.15, 0.2) is 5.78 Å². The number of ketones is 2. The Morgan fingerprint density at radius 3 is 2.35 bits per heavy atom. The number of hydrogen-bond donors (Lipinski definition) is 0. The molecule has 0 amide bonds. The van der Waals surface area contributed by atoms with Crippen LogP contribution >= 0.6 is 0 Å². The van der Waals surface area contributed by atoms with Crippen molar-refractivity contribution in [2.45, 2.75) is 26.2 Å². The Bertz CT molecular complexity index is 752. The number of aryl methyl sites for hydroxylation is 1. The number of carbonyl (C=O) groups excluding carboxylic acids is 3. The number of esters is 1. The fraction of sp³-hybridized carbons (Fsp3) is 0.286. The van der Waals surface area contributed by atoms with Crippen molar-refractivity contribution < 1.29 is 23.9 Å². The van der Waals surface area contributed by atoms with Gasteiger partial charge in [0.1, 0.15) is 5.75 Å². The van der Waals surface area contributed by atoms with Crippen LogP contribution in [0.5, 0.6) is 5.75 Å². The molecule has 0 saturated heterocycles. The summed E-state index contributed by atoms with van der Waals surface area (Å²) >= 11 is 0. The summed E-state index contributed by atoms with van der Waals surface area (Å²) in [5, 5.41) is 0. The molecule has 26 heavy (non-hydrogen) atoms. The number of benzene rings is 2. The van der Waals surface area contributed by atoms with Gasteiger partial charge in [0.2, 0.25) is 5.78 Å². The first-order chi connectivity index (χ1) is 12.6. The summed E-state index contributed by atoms with van der Waals surface area (Å²) in [7, 11) is 0. The maximum Gasteiger partial charge on any atom is 0.375 e. The molecule has 0 aliphatic rings. The van der Waals surface area contributed by atoms with Gasteiger partial charge in [-0.05, 0) is 37.5 Å². The summed E-state index contributed by atoms with van der Waals surface area (Å²) in [6.45, 7) is 2.15. The lowest BCUT2D eigenvalue weighted by molar-refractivity contribution is -0.153. The first kappa shape index (κ1) is 19.4. The van der Waals surface area contributed by atoms with E-state index in [2.05, 4.69) is 16.9 Å². The van der Waals surface area contributed by atoms with E-state index in [1.165, 1.54) is 5.56 Å². The van der Waals surface area contributed by atoms with Gasteiger partial charge in [0.05, 0.1) is 25.2 Å². The summed E-state index contributed by atoms with van der Waals surface area (Å²) in [6.07, 6.45) is 1.15. The SMILES string of the molecule is CCOC(=O)C(=O)CC(=O)c1ccccc1OCCCc1ccccc1. The lowest BCUT2D eigenvalue weighted by Crippen LogP contribution is -2.21. The second-order valence-corrected chi connectivity index (χ2v) is 5.68. The molecule has 0 atom stereocenters. The molecule has 0 saturated carbocycles. The molecule has 0 N–H and O–H groups in total. The predicted molar refractivity (Wildman–Crippen MR) is 97.3 cm³/mol. The monoisotopic (exact) mass is 354 g/mol. The Morgan fingerprint density at radius 2 is 1.62 bits per heavy atom. The van der Waals surface area contributed by atoms with Gasteiger partial charge < -0.3 is 9.47 Å². The average Bonchev–Trinajstić information content (AvgIpc) is 2.66. The third kappa shape index (κ3) is 5.84. The Balaban J connectivity index is 1.91. The number of carbonyl (C=O) groups is 3. The van der Waals surface area contributed by atoms with Crippen molar-refractivity contribution in [2.24, 2.45) is 0 Å². The first-order valence-electron chi connectivity index (χ1n) is 8.60. The number of para-hydroxylation sites is 1. The number of Topliss-reactive ketones (excluding diaryl/α,β-unsaturated/α-hetero) is 2. The minimum absolute atomic E-state index is 0.0971.